The van der Waals surface area contributed by atoms with Crippen molar-refractivity contribution in [3.8, 4) is 0 Å². The lowest BCUT2D eigenvalue weighted by molar-refractivity contribution is -0.121. The van der Waals surface area contributed by atoms with Crippen molar-refractivity contribution < 1.29 is 13.2 Å². The highest BCUT2D eigenvalue weighted by atomic mass is 32.2. The van der Waals surface area contributed by atoms with Gasteiger partial charge < -0.3 is 10.2 Å². The first kappa shape index (κ1) is 21.2. The summed E-state index contributed by atoms with van der Waals surface area (Å²) in [5, 5.41) is 4.63. The summed E-state index contributed by atoms with van der Waals surface area (Å²) in [4.78, 5) is 14.7. The van der Waals surface area contributed by atoms with E-state index in [1.165, 1.54) is 4.31 Å². The zero-order valence-electron chi connectivity index (χ0n) is 17.6. The number of anilines is 2. The number of rotatable bonds is 9. The van der Waals surface area contributed by atoms with Gasteiger partial charge in [-0.25, -0.2) is 8.42 Å². The second-order valence-electron chi connectivity index (χ2n) is 7.77. The van der Waals surface area contributed by atoms with Gasteiger partial charge in [0, 0.05) is 44.2 Å². The largest absolute Gasteiger partial charge is 0.375 e. The van der Waals surface area contributed by atoms with Crippen molar-refractivity contribution in [2.75, 3.05) is 35.9 Å². The SMILES string of the molecule is CN(CCCNC(=O)CCCN1c2cccc3cccc(c23)S1(=O)=O)c1ccccc1. The smallest absolute Gasteiger partial charge is 0.265 e. The molecule has 0 atom stereocenters. The molecule has 0 aromatic heterocycles. The van der Waals surface area contributed by atoms with Crippen molar-refractivity contribution >= 4 is 38.1 Å². The number of para-hydroxylation sites is 1. The highest BCUT2D eigenvalue weighted by Gasteiger charge is 2.34. The molecule has 0 aliphatic carbocycles. The Hall–Kier alpha value is -3.06. The average molecular weight is 438 g/mol. The van der Waals surface area contributed by atoms with Crippen LogP contribution >= 0.6 is 0 Å². The van der Waals surface area contributed by atoms with Crippen molar-refractivity contribution in [3.63, 3.8) is 0 Å². The molecule has 6 nitrogen and oxygen atoms in total. The molecule has 1 N–H and O–H groups in total. The van der Waals surface area contributed by atoms with Crippen LogP contribution in [-0.4, -0.2) is 41.0 Å². The lowest BCUT2D eigenvalue weighted by Crippen LogP contribution is -2.31. The highest BCUT2D eigenvalue weighted by Crippen LogP contribution is 2.41. The van der Waals surface area contributed by atoms with Gasteiger partial charge >= 0.3 is 0 Å². The Morgan fingerprint density at radius 1 is 0.968 bits per heavy atom. The van der Waals surface area contributed by atoms with E-state index in [9.17, 15) is 13.2 Å². The van der Waals surface area contributed by atoms with E-state index >= 15 is 0 Å². The molecule has 0 spiro atoms. The van der Waals surface area contributed by atoms with Gasteiger partial charge in [0.05, 0.1) is 10.6 Å². The van der Waals surface area contributed by atoms with Gasteiger partial charge in [-0.3, -0.25) is 9.10 Å². The van der Waals surface area contributed by atoms with E-state index in [1.54, 1.807) is 12.1 Å². The van der Waals surface area contributed by atoms with E-state index in [2.05, 4.69) is 22.3 Å². The van der Waals surface area contributed by atoms with Crippen LogP contribution in [0, 0.1) is 0 Å². The van der Waals surface area contributed by atoms with Crippen molar-refractivity contribution in [2.24, 2.45) is 0 Å². The normalized spacial score (nSPS) is 14.0. The van der Waals surface area contributed by atoms with Crippen LogP contribution in [0.1, 0.15) is 19.3 Å². The zero-order valence-corrected chi connectivity index (χ0v) is 18.4. The number of amides is 1. The molecular weight excluding hydrogens is 410 g/mol. The molecule has 1 amide bonds. The Morgan fingerprint density at radius 3 is 2.48 bits per heavy atom. The molecule has 1 heterocycles. The molecule has 1 aliphatic rings. The first-order valence-corrected chi connectivity index (χ1v) is 12.0. The van der Waals surface area contributed by atoms with Crippen molar-refractivity contribution in [2.45, 2.75) is 24.2 Å². The molecule has 0 radical (unpaired) electrons. The Bertz CT molecular complexity index is 1170. The molecule has 0 unspecified atom stereocenters. The van der Waals surface area contributed by atoms with E-state index in [0.717, 1.165) is 29.4 Å². The number of nitrogens with one attached hydrogen (secondary N) is 1. The zero-order chi connectivity index (χ0) is 21.8. The van der Waals surface area contributed by atoms with Gasteiger partial charge in [-0.1, -0.05) is 42.5 Å². The third-order valence-corrected chi connectivity index (χ3v) is 7.49. The van der Waals surface area contributed by atoms with Gasteiger partial charge in [-0.2, -0.15) is 0 Å². The van der Waals surface area contributed by atoms with Crippen LogP contribution in [-0.2, 0) is 14.8 Å². The molecule has 1 aliphatic heterocycles. The Labute approximate surface area is 183 Å². The average Bonchev–Trinajstić information content (AvgIpc) is 3.00. The van der Waals surface area contributed by atoms with Gasteiger partial charge in [0.2, 0.25) is 5.91 Å². The van der Waals surface area contributed by atoms with Gasteiger partial charge in [0.15, 0.2) is 0 Å². The number of sulfonamides is 1. The highest BCUT2D eigenvalue weighted by molar-refractivity contribution is 7.93. The van der Waals surface area contributed by atoms with Crippen LogP contribution in [0.25, 0.3) is 10.8 Å². The van der Waals surface area contributed by atoms with Crippen LogP contribution in [0.4, 0.5) is 11.4 Å². The molecule has 0 saturated heterocycles. The lowest BCUT2D eigenvalue weighted by atomic mass is 10.1. The molecule has 0 fully saturated rings. The molecule has 0 saturated carbocycles. The molecule has 4 rings (SSSR count). The standard InChI is InChI=1S/C24H27N3O3S/c1-26(20-11-3-2-4-12-20)17-8-16-25-23(28)15-7-18-27-21-13-5-9-19-10-6-14-22(24(19)21)31(27,29)30/h2-6,9-14H,7-8,15-18H2,1H3,(H,25,28). The predicted molar refractivity (Wildman–Crippen MR) is 125 cm³/mol. The van der Waals surface area contributed by atoms with Gasteiger partial charge in [-0.05, 0) is 42.5 Å². The summed E-state index contributed by atoms with van der Waals surface area (Å²) in [6, 6.07) is 21.1. The molecule has 0 bridgehead atoms. The summed E-state index contributed by atoms with van der Waals surface area (Å²) in [6.07, 6.45) is 1.61. The molecule has 7 heteroatoms. The summed E-state index contributed by atoms with van der Waals surface area (Å²) in [5.74, 6) is -0.0466. The number of hydrogen-bond donors (Lipinski definition) is 1. The fourth-order valence-corrected chi connectivity index (χ4v) is 5.78. The van der Waals surface area contributed by atoms with Crippen LogP contribution in [0.3, 0.4) is 0 Å². The second kappa shape index (κ2) is 8.98. The molecule has 162 valence electrons. The molecular formula is C24H27N3O3S. The monoisotopic (exact) mass is 437 g/mol. The maximum Gasteiger partial charge on any atom is 0.265 e. The summed E-state index contributed by atoms with van der Waals surface area (Å²) in [7, 11) is -1.52. The first-order chi connectivity index (χ1) is 15.0. The van der Waals surface area contributed by atoms with E-state index in [-0.39, 0.29) is 5.91 Å². The molecule has 3 aromatic rings. The van der Waals surface area contributed by atoms with Crippen molar-refractivity contribution in [3.05, 3.63) is 66.7 Å². The predicted octanol–water partition coefficient (Wildman–Crippen LogP) is 3.77. The maximum atomic E-state index is 13.0. The van der Waals surface area contributed by atoms with E-state index in [0.29, 0.717) is 36.5 Å². The summed E-state index contributed by atoms with van der Waals surface area (Å²) in [5.41, 5.74) is 1.86. The third kappa shape index (κ3) is 4.37. The Balaban J connectivity index is 1.24. The first-order valence-electron chi connectivity index (χ1n) is 10.6. The summed E-state index contributed by atoms with van der Waals surface area (Å²) < 4.78 is 27.3. The Kier molecular flexibility index (Phi) is 6.13. The van der Waals surface area contributed by atoms with Crippen LogP contribution in [0.2, 0.25) is 0 Å². The maximum absolute atomic E-state index is 13.0. The lowest BCUT2D eigenvalue weighted by Gasteiger charge is -2.19. The minimum Gasteiger partial charge on any atom is -0.375 e. The molecule has 31 heavy (non-hydrogen) atoms. The number of carbonyl (C=O) groups is 1. The third-order valence-electron chi connectivity index (χ3n) is 5.64. The number of nitrogens with zero attached hydrogens (tertiary/aromatic N) is 2. The van der Waals surface area contributed by atoms with E-state index in [4.69, 9.17) is 0 Å². The fraction of sp³-hybridized carbons (Fsp3) is 0.292. The van der Waals surface area contributed by atoms with E-state index < -0.39 is 10.0 Å². The van der Waals surface area contributed by atoms with Crippen molar-refractivity contribution in [1.82, 2.24) is 5.32 Å². The minimum absolute atomic E-state index is 0.0466. The number of benzene rings is 3. The van der Waals surface area contributed by atoms with Crippen LogP contribution < -0.4 is 14.5 Å². The number of carbonyl (C=O) groups excluding carboxylic acids is 1. The van der Waals surface area contributed by atoms with Gasteiger partial charge in [0.25, 0.3) is 10.0 Å². The van der Waals surface area contributed by atoms with Crippen molar-refractivity contribution in [1.29, 1.82) is 0 Å². The van der Waals surface area contributed by atoms with E-state index in [1.807, 2.05) is 49.5 Å². The van der Waals surface area contributed by atoms with Crippen LogP contribution in [0.15, 0.2) is 71.6 Å². The summed E-state index contributed by atoms with van der Waals surface area (Å²) in [6.45, 7) is 1.74. The second-order valence-corrected chi connectivity index (χ2v) is 9.60. The topological polar surface area (TPSA) is 69.7 Å². The fourth-order valence-electron chi connectivity index (χ4n) is 4.03. The van der Waals surface area contributed by atoms with Crippen LogP contribution in [0.5, 0.6) is 0 Å². The molecule has 3 aromatic carbocycles. The van der Waals surface area contributed by atoms with Gasteiger partial charge in [-0.15, -0.1) is 0 Å². The quantitative estimate of drug-likeness (QED) is 0.518. The minimum atomic E-state index is -3.56. The number of hydrogen-bond acceptors (Lipinski definition) is 4. The summed E-state index contributed by atoms with van der Waals surface area (Å²) >= 11 is 0. The van der Waals surface area contributed by atoms with Gasteiger partial charge in [0.1, 0.15) is 0 Å². The Morgan fingerprint density at radius 2 is 1.71 bits per heavy atom.